The molecule has 0 aromatic heterocycles. The van der Waals surface area contributed by atoms with Gasteiger partial charge in [-0.3, -0.25) is 0 Å². The molecule has 0 aliphatic carbocycles. The Bertz CT molecular complexity index is 201. The van der Waals surface area contributed by atoms with E-state index in [1.165, 1.54) is 0 Å². The lowest BCUT2D eigenvalue weighted by molar-refractivity contribution is -0.314. The van der Waals surface area contributed by atoms with E-state index in [1.807, 2.05) is 6.92 Å². The van der Waals surface area contributed by atoms with Gasteiger partial charge in [-0.05, 0) is 19.8 Å². The van der Waals surface area contributed by atoms with Gasteiger partial charge in [0.1, 0.15) is 6.61 Å². The largest absolute Gasteiger partial charge is 0.463 e. The van der Waals surface area contributed by atoms with Crippen molar-refractivity contribution in [3.05, 3.63) is 25.3 Å². The zero-order chi connectivity index (χ0) is 11.5. The monoisotopic (exact) mass is 214 g/mol. The summed E-state index contributed by atoms with van der Waals surface area (Å²) >= 11 is 0. The van der Waals surface area contributed by atoms with Gasteiger partial charge in [-0.2, -0.15) is 0 Å². The third-order valence-corrected chi connectivity index (χ3v) is 1.58. The van der Waals surface area contributed by atoms with Gasteiger partial charge >= 0.3 is 5.97 Å². The fraction of sp³-hybridized carbons (Fsp3) is 0.545. The number of hydrogen-bond donors (Lipinski definition) is 0. The lowest BCUT2D eigenvalue weighted by Gasteiger charge is -2.10. The van der Waals surface area contributed by atoms with Gasteiger partial charge < -0.3 is 4.74 Å². The van der Waals surface area contributed by atoms with E-state index in [-0.39, 0.29) is 6.10 Å². The molecule has 0 heterocycles. The van der Waals surface area contributed by atoms with Crippen molar-refractivity contribution in [2.75, 3.05) is 13.2 Å². The van der Waals surface area contributed by atoms with E-state index in [0.29, 0.717) is 13.2 Å². The Kier molecular flexibility index (Phi) is 8.72. The van der Waals surface area contributed by atoms with E-state index in [2.05, 4.69) is 13.2 Å². The number of esters is 1. The van der Waals surface area contributed by atoms with Crippen molar-refractivity contribution in [3.63, 3.8) is 0 Å². The molecule has 0 bridgehead atoms. The van der Waals surface area contributed by atoms with E-state index in [9.17, 15) is 4.79 Å². The Morgan fingerprint density at radius 1 is 1.47 bits per heavy atom. The van der Waals surface area contributed by atoms with Crippen LogP contribution < -0.4 is 0 Å². The molecule has 0 amide bonds. The van der Waals surface area contributed by atoms with Crippen LogP contribution in [0.3, 0.4) is 0 Å². The van der Waals surface area contributed by atoms with Gasteiger partial charge in [0, 0.05) is 6.08 Å². The van der Waals surface area contributed by atoms with Crippen molar-refractivity contribution in [1.29, 1.82) is 0 Å². The van der Waals surface area contributed by atoms with Crippen molar-refractivity contribution in [2.45, 2.75) is 25.9 Å². The van der Waals surface area contributed by atoms with Crippen molar-refractivity contribution in [2.24, 2.45) is 0 Å². The topological polar surface area (TPSA) is 44.8 Å². The average molecular weight is 214 g/mol. The molecule has 0 radical (unpaired) electrons. The molecule has 4 nitrogen and oxygen atoms in total. The molecule has 0 spiro atoms. The first kappa shape index (κ1) is 13.9. The summed E-state index contributed by atoms with van der Waals surface area (Å²) in [6.45, 7) is 9.42. The SMILES string of the molecule is C=CCOOC(C)CCCOC(=O)C=C. The van der Waals surface area contributed by atoms with E-state index in [4.69, 9.17) is 14.5 Å². The Morgan fingerprint density at radius 2 is 2.20 bits per heavy atom. The van der Waals surface area contributed by atoms with E-state index < -0.39 is 5.97 Å². The highest BCUT2D eigenvalue weighted by Crippen LogP contribution is 2.02. The Hall–Kier alpha value is -1.13. The third-order valence-electron chi connectivity index (χ3n) is 1.58. The minimum absolute atomic E-state index is 0.0209. The Balaban J connectivity index is 3.30. The molecule has 0 rings (SSSR count). The summed E-state index contributed by atoms with van der Waals surface area (Å²) < 4.78 is 4.80. The number of carbonyl (C=O) groups excluding carboxylic acids is 1. The molecule has 15 heavy (non-hydrogen) atoms. The maximum atomic E-state index is 10.7. The van der Waals surface area contributed by atoms with Gasteiger partial charge in [-0.1, -0.05) is 12.7 Å². The van der Waals surface area contributed by atoms with Crippen LogP contribution in [0.1, 0.15) is 19.8 Å². The zero-order valence-corrected chi connectivity index (χ0v) is 9.11. The fourth-order valence-electron chi connectivity index (χ4n) is 0.854. The number of hydrogen-bond acceptors (Lipinski definition) is 4. The van der Waals surface area contributed by atoms with Crippen molar-refractivity contribution in [3.8, 4) is 0 Å². The summed E-state index contributed by atoms with van der Waals surface area (Å²) in [4.78, 5) is 20.4. The molecule has 1 unspecified atom stereocenters. The molecular weight excluding hydrogens is 196 g/mol. The molecule has 0 saturated heterocycles. The predicted molar refractivity (Wildman–Crippen MR) is 57.1 cm³/mol. The van der Waals surface area contributed by atoms with Gasteiger partial charge in [-0.15, -0.1) is 6.58 Å². The highest BCUT2D eigenvalue weighted by Gasteiger charge is 2.03. The zero-order valence-electron chi connectivity index (χ0n) is 9.11. The summed E-state index contributed by atoms with van der Waals surface area (Å²) in [5.41, 5.74) is 0. The maximum Gasteiger partial charge on any atom is 0.330 e. The standard InChI is InChI=1S/C11H18O4/c1-4-8-14-15-10(3)7-6-9-13-11(12)5-2/h4-5,10H,1-2,6-9H2,3H3. The minimum atomic E-state index is -0.397. The second-order valence-corrected chi connectivity index (χ2v) is 2.99. The van der Waals surface area contributed by atoms with Gasteiger partial charge in [0.2, 0.25) is 0 Å². The molecule has 0 N–H and O–H groups in total. The van der Waals surface area contributed by atoms with Crippen LogP contribution in [0.2, 0.25) is 0 Å². The van der Waals surface area contributed by atoms with Gasteiger partial charge in [-0.25, -0.2) is 14.6 Å². The van der Waals surface area contributed by atoms with Crippen LogP contribution in [-0.2, 0) is 19.3 Å². The van der Waals surface area contributed by atoms with Crippen molar-refractivity contribution in [1.82, 2.24) is 0 Å². The van der Waals surface area contributed by atoms with Crippen LogP contribution in [0.15, 0.2) is 25.3 Å². The summed E-state index contributed by atoms with van der Waals surface area (Å²) in [6, 6.07) is 0. The highest BCUT2D eigenvalue weighted by molar-refractivity contribution is 5.81. The highest BCUT2D eigenvalue weighted by atomic mass is 17.2. The molecular formula is C11H18O4. The first-order chi connectivity index (χ1) is 7.20. The van der Waals surface area contributed by atoms with Crippen LogP contribution in [0.25, 0.3) is 0 Å². The summed E-state index contributed by atoms with van der Waals surface area (Å²) in [5, 5.41) is 0. The summed E-state index contributed by atoms with van der Waals surface area (Å²) in [7, 11) is 0. The Labute approximate surface area is 90.4 Å². The summed E-state index contributed by atoms with van der Waals surface area (Å²) in [6.07, 6.45) is 4.23. The van der Waals surface area contributed by atoms with Crippen LogP contribution in [-0.4, -0.2) is 25.3 Å². The molecule has 0 aromatic carbocycles. The van der Waals surface area contributed by atoms with E-state index in [1.54, 1.807) is 6.08 Å². The van der Waals surface area contributed by atoms with Crippen molar-refractivity contribution < 1.29 is 19.3 Å². The third kappa shape index (κ3) is 9.18. The average Bonchev–Trinajstić information content (AvgIpc) is 2.24. The smallest absolute Gasteiger partial charge is 0.330 e. The first-order valence-corrected chi connectivity index (χ1v) is 4.89. The Morgan fingerprint density at radius 3 is 2.80 bits per heavy atom. The molecule has 86 valence electrons. The predicted octanol–water partition coefficient (Wildman–Crippen LogP) is 2.02. The molecule has 0 aliphatic rings. The van der Waals surface area contributed by atoms with E-state index in [0.717, 1.165) is 18.9 Å². The molecule has 0 aliphatic heterocycles. The molecule has 0 saturated carbocycles. The number of rotatable bonds is 9. The fourth-order valence-corrected chi connectivity index (χ4v) is 0.854. The molecule has 0 fully saturated rings. The van der Waals surface area contributed by atoms with Gasteiger partial charge in [0.05, 0.1) is 12.7 Å². The van der Waals surface area contributed by atoms with Crippen LogP contribution in [0.5, 0.6) is 0 Å². The van der Waals surface area contributed by atoms with Crippen LogP contribution in [0.4, 0.5) is 0 Å². The number of ether oxygens (including phenoxy) is 1. The molecule has 1 atom stereocenters. The quantitative estimate of drug-likeness (QED) is 0.147. The maximum absolute atomic E-state index is 10.7. The lowest BCUT2D eigenvalue weighted by Crippen LogP contribution is -2.11. The number of carbonyl (C=O) groups is 1. The van der Waals surface area contributed by atoms with Crippen LogP contribution in [0, 0.1) is 0 Å². The van der Waals surface area contributed by atoms with E-state index >= 15 is 0 Å². The second-order valence-electron chi connectivity index (χ2n) is 2.99. The molecule has 0 aromatic rings. The second kappa shape index (κ2) is 9.43. The van der Waals surface area contributed by atoms with Gasteiger partial charge in [0.15, 0.2) is 0 Å². The molecule has 4 heteroatoms. The van der Waals surface area contributed by atoms with Crippen LogP contribution >= 0.6 is 0 Å². The lowest BCUT2D eigenvalue weighted by atomic mass is 10.2. The first-order valence-electron chi connectivity index (χ1n) is 4.89. The summed E-state index contributed by atoms with van der Waals surface area (Å²) in [5.74, 6) is -0.397. The van der Waals surface area contributed by atoms with Crippen molar-refractivity contribution >= 4 is 5.97 Å². The van der Waals surface area contributed by atoms with Gasteiger partial charge in [0.25, 0.3) is 0 Å². The normalized spacial score (nSPS) is 11.8. The minimum Gasteiger partial charge on any atom is -0.463 e.